The number of aromatic nitrogens is 2. The van der Waals surface area contributed by atoms with Crippen LogP contribution < -0.4 is 10.5 Å². The molecule has 23 heavy (non-hydrogen) atoms. The van der Waals surface area contributed by atoms with E-state index in [2.05, 4.69) is 23.8 Å². The molecule has 0 aliphatic heterocycles. The number of halogens is 1. The third-order valence-corrected chi connectivity index (χ3v) is 3.81. The maximum atomic E-state index is 6.34. The molecule has 2 heterocycles. The van der Waals surface area contributed by atoms with Crippen LogP contribution in [0.15, 0.2) is 30.6 Å². The molecule has 0 fully saturated rings. The van der Waals surface area contributed by atoms with Crippen molar-refractivity contribution < 1.29 is 4.74 Å². The Hall–Kier alpha value is -1.65. The Morgan fingerprint density at radius 3 is 2.57 bits per heavy atom. The summed E-state index contributed by atoms with van der Waals surface area (Å²) in [5.74, 6) is 0.940. The van der Waals surface area contributed by atoms with E-state index in [9.17, 15) is 0 Å². The van der Waals surface area contributed by atoms with Gasteiger partial charge in [-0.2, -0.15) is 0 Å². The SMILES string of the molecule is Cc1nc(OC[C@@](C)(N)CC(C)C)c(Cl)cc1-c1ccncc1. The summed E-state index contributed by atoms with van der Waals surface area (Å²) in [5, 5.41) is 0.489. The van der Waals surface area contributed by atoms with Gasteiger partial charge in [0.15, 0.2) is 0 Å². The molecule has 0 saturated heterocycles. The van der Waals surface area contributed by atoms with Crippen LogP contribution in [0.25, 0.3) is 11.1 Å². The van der Waals surface area contributed by atoms with Crippen molar-refractivity contribution in [2.24, 2.45) is 11.7 Å². The van der Waals surface area contributed by atoms with Crippen molar-refractivity contribution in [3.05, 3.63) is 41.3 Å². The third kappa shape index (κ3) is 4.91. The quantitative estimate of drug-likeness (QED) is 0.858. The van der Waals surface area contributed by atoms with Crippen LogP contribution in [0.5, 0.6) is 5.88 Å². The molecule has 2 aromatic heterocycles. The molecule has 0 aromatic carbocycles. The molecule has 0 unspecified atom stereocenters. The minimum Gasteiger partial charge on any atom is -0.475 e. The summed E-state index contributed by atoms with van der Waals surface area (Å²) in [5.41, 5.74) is 8.73. The van der Waals surface area contributed by atoms with Crippen LogP contribution in [0.2, 0.25) is 5.02 Å². The fourth-order valence-corrected chi connectivity index (χ4v) is 2.91. The second-order valence-electron chi connectivity index (χ2n) is 6.68. The number of nitrogens with two attached hydrogens (primary N) is 1. The first-order valence-corrected chi connectivity index (χ1v) is 8.15. The van der Waals surface area contributed by atoms with Gasteiger partial charge in [0.2, 0.25) is 5.88 Å². The number of aryl methyl sites for hydroxylation is 1. The fraction of sp³-hybridized carbons (Fsp3) is 0.444. The van der Waals surface area contributed by atoms with Crippen molar-refractivity contribution in [3.63, 3.8) is 0 Å². The van der Waals surface area contributed by atoms with Crippen LogP contribution in [-0.2, 0) is 0 Å². The van der Waals surface area contributed by atoms with E-state index in [4.69, 9.17) is 22.1 Å². The molecule has 0 spiro atoms. The van der Waals surface area contributed by atoms with Gasteiger partial charge in [0.05, 0.1) is 0 Å². The van der Waals surface area contributed by atoms with E-state index in [1.54, 1.807) is 12.4 Å². The summed E-state index contributed by atoms with van der Waals surface area (Å²) in [6, 6.07) is 5.74. The number of hydrogen-bond acceptors (Lipinski definition) is 4. The van der Waals surface area contributed by atoms with Crippen LogP contribution in [0.3, 0.4) is 0 Å². The summed E-state index contributed by atoms with van der Waals surface area (Å²) in [7, 11) is 0. The maximum Gasteiger partial charge on any atom is 0.232 e. The number of hydrogen-bond donors (Lipinski definition) is 1. The molecule has 1 atom stereocenters. The first-order chi connectivity index (χ1) is 10.8. The normalized spacial score (nSPS) is 13.9. The van der Waals surface area contributed by atoms with Crippen LogP contribution in [0, 0.1) is 12.8 Å². The van der Waals surface area contributed by atoms with Crippen LogP contribution in [-0.4, -0.2) is 22.1 Å². The molecule has 5 heteroatoms. The van der Waals surface area contributed by atoms with Crippen molar-refractivity contribution in [1.82, 2.24) is 9.97 Å². The second kappa shape index (κ2) is 7.28. The lowest BCUT2D eigenvalue weighted by molar-refractivity contribution is 0.200. The van der Waals surface area contributed by atoms with Gasteiger partial charge < -0.3 is 10.5 Å². The van der Waals surface area contributed by atoms with E-state index in [0.717, 1.165) is 23.2 Å². The smallest absolute Gasteiger partial charge is 0.232 e. The van der Waals surface area contributed by atoms with Crippen LogP contribution in [0.1, 0.15) is 32.9 Å². The zero-order chi connectivity index (χ0) is 17.0. The summed E-state index contributed by atoms with van der Waals surface area (Å²) in [6.07, 6.45) is 4.37. The number of rotatable bonds is 6. The lowest BCUT2D eigenvalue weighted by Crippen LogP contribution is -2.43. The summed E-state index contributed by atoms with van der Waals surface area (Å²) in [4.78, 5) is 8.53. The van der Waals surface area contributed by atoms with E-state index in [0.29, 0.717) is 23.4 Å². The number of pyridine rings is 2. The molecular weight excluding hydrogens is 310 g/mol. The predicted molar refractivity (Wildman–Crippen MR) is 94.8 cm³/mol. The van der Waals surface area contributed by atoms with E-state index in [1.165, 1.54) is 0 Å². The van der Waals surface area contributed by atoms with Crippen molar-refractivity contribution in [1.29, 1.82) is 0 Å². The van der Waals surface area contributed by atoms with Gasteiger partial charge in [-0.1, -0.05) is 25.4 Å². The Labute approximate surface area is 143 Å². The highest BCUT2D eigenvalue weighted by molar-refractivity contribution is 6.32. The monoisotopic (exact) mass is 333 g/mol. The zero-order valence-electron chi connectivity index (χ0n) is 14.1. The highest BCUT2D eigenvalue weighted by Gasteiger charge is 2.22. The lowest BCUT2D eigenvalue weighted by atomic mass is 9.93. The van der Waals surface area contributed by atoms with Gasteiger partial charge in [-0.05, 0) is 49.9 Å². The topological polar surface area (TPSA) is 61.0 Å². The Morgan fingerprint density at radius 2 is 1.96 bits per heavy atom. The molecule has 0 saturated carbocycles. The Bertz CT molecular complexity index is 657. The van der Waals surface area contributed by atoms with Gasteiger partial charge in [-0.15, -0.1) is 0 Å². The van der Waals surface area contributed by atoms with Crippen molar-refractivity contribution in [2.75, 3.05) is 6.61 Å². The maximum absolute atomic E-state index is 6.34. The van der Waals surface area contributed by atoms with Gasteiger partial charge in [0.1, 0.15) is 11.6 Å². The standard InChI is InChI=1S/C18H24ClN3O/c1-12(2)10-18(4,20)11-23-17-16(19)9-15(13(3)22-17)14-5-7-21-8-6-14/h5-9,12H,10-11,20H2,1-4H3/t18-/m0/s1. The van der Waals surface area contributed by atoms with Gasteiger partial charge in [-0.25, -0.2) is 4.98 Å². The van der Waals surface area contributed by atoms with Crippen molar-refractivity contribution in [3.8, 4) is 17.0 Å². The molecule has 0 aliphatic rings. The molecule has 2 N–H and O–H groups in total. The minimum absolute atomic E-state index is 0.381. The lowest BCUT2D eigenvalue weighted by Gasteiger charge is -2.26. The largest absolute Gasteiger partial charge is 0.475 e. The zero-order valence-corrected chi connectivity index (χ0v) is 14.9. The summed E-state index contributed by atoms with van der Waals surface area (Å²) < 4.78 is 5.79. The highest BCUT2D eigenvalue weighted by atomic mass is 35.5. The minimum atomic E-state index is -0.406. The third-order valence-electron chi connectivity index (χ3n) is 3.54. The molecular formula is C18H24ClN3O. The molecule has 2 rings (SSSR count). The average molecular weight is 334 g/mol. The van der Waals surface area contributed by atoms with E-state index < -0.39 is 5.54 Å². The highest BCUT2D eigenvalue weighted by Crippen LogP contribution is 2.31. The number of nitrogens with zero attached hydrogens (tertiary/aromatic N) is 2. The van der Waals surface area contributed by atoms with E-state index in [1.807, 2.05) is 32.0 Å². The molecule has 0 amide bonds. The molecule has 2 aromatic rings. The predicted octanol–water partition coefficient (Wildman–Crippen LogP) is 4.25. The summed E-state index contributed by atoms with van der Waals surface area (Å²) >= 11 is 6.34. The molecule has 0 radical (unpaired) electrons. The first-order valence-electron chi connectivity index (χ1n) is 7.78. The molecule has 0 bridgehead atoms. The van der Waals surface area contributed by atoms with Gasteiger partial charge in [0.25, 0.3) is 0 Å². The van der Waals surface area contributed by atoms with Crippen molar-refractivity contribution >= 4 is 11.6 Å². The average Bonchev–Trinajstić information content (AvgIpc) is 2.47. The molecule has 124 valence electrons. The fourth-order valence-electron chi connectivity index (χ4n) is 2.71. The molecule has 0 aliphatic carbocycles. The van der Waals surface area contributed by atoms with E-state index >= 15 is 0 Å². The van der Waals surface area contributed by atoms with Crippen molar-refractivity contribution in [2.45, 2.75) is 39.7 Å². The Balaban J connectivity index is 2.18. The van der Waals surface area contributed by atoms with Crippen LogP contribution in [0.4, 0.5) is 0 Å². The van der Waals surface area contributed by atoms with Gasteiger partial charge in [-0.3, -0.25) is 4.98 Å². The van der Waals surface area contributed by atoms with Gasteiger partial charge >= 0.3 is 0 Å². The number of ether oxygens (including phenoxy) is 1. The second-order valence-corrected chi connectivity index (χ2v) is 7.09. The Kier molecular flexibility index (Phi) is 5.60. The Morgan fingerprint density at radius 1 is 1.30 bits per heavy atom. The van der Waals surface area contributed by atoms with Gasteiger partial charge in [0, 0.05) is 29.2 Å². The molecule has 4 nitrogen and oxygen atoms in total. The van der Waals surface area contributed by atoms with E-state index in [-0.39, 0.29) is 0 Å². The first kappa shape index (κ1) is 17.7. The summed E-state index contributed by atoms with van der Waals surface area (Å²) in [6.45, 7) is 8.59. The van der Waals surface area contributed by atoms with Crippen LogP contribution >= 0.6 is 11.6 Å².